The lowest BCUT2D eigenvalue weighted by molar-refractivity contribution is 0.0967. The normalized spacial score (nSPS) is 10.7. The van der Waals surface area contributed by atoms with Gasteiger partial charge in [-0.05, 0) is 35.7 Å². The zero-order chi connectivity index (χ0) is 15.2. The standard InChI is InChI=1S/C18H19FO2/c1-13(2)9-18(20)15-6-4-8-17(11-15)21-12-14-5-3-7-16(19)10-14/h3-8,10-11,13H,9,12H2,1-2H3. The summed E-state index contributed by atoms with van der Waals surface area (Å²) < 4.78 is 18.7. The van der Waals surface area contributed by atoms with Crippen molar-refractivity contribution in [1.82, 2.24) is 0 Å². The zero-order valence-electron chi connectivity index (χ0n) is 12.3. The maximum Gasteiger partial charge on any atom is 0.163 e. The quantitative estimate of drug-likeness (QED) is 0.723. The molecule has 0 unspecified atom stereocenters. The van der Waals surface area contributed by atoms with Gasteiger partial charge in [-0.15, -0.1) is 0 Å². The molecule has 0 saturated carbocycles. The molecule has 2 rings (SSSR count). The number of benzene rings is 2. The van der Waals surface area contributed by atoms with Gasteiger partial charge >= 0.3 is 0 Å². The minimum atomic E-state index is -0.281. The second-order valence-corrected chi connectivity index (χ2v) is 5.47. The van der Waals surface area contributed by atoms with Crippen molar-refractivity contribution in [3.63, 3.8) is 0 Å². The van der Waals surface area contributed by atoms with Gasteiger partial charge in [0.2, 0.25) is 0 Å². The molecule has 0 N–H and O–H groups in total. The summed E-state index contributed by atoms with van der Waals surface area (Å²) >= 11 is 0. The Labute approximate surface area is 124 Å². The smallest absolute Gasteiger partial charge is 0.163 e. The van der Waals surface area contributed by atoms with Crippen LogP contribution in [0.1, 0.15) is 36.2 Å². The fraction of sp³-hybridized carbons (Fsp3) is 0.278. The zero-order valence-corrected chi connectivity index (χ0v) is 12.3. The average molecular weight is 286 g/mol. The number of ketones is 1. The highest BCUT2D eigenvalue weighted by Gasteiger charge is 2.09. The molecule has 0 bridgehead atoms. The number of rotatable bonds is 6. The summed E-state index contributed by atoms with van der Waals surface area (Å²) in [5, 5.41) is 0. The van der Waals surface area contributed by atoms with E-state index in [0.29, 0.717) is 23.7 Å². The summed E-state index contributed by atoms with van der Waals surface area (Å²) in [5.74, 6) is 0.779. The molecule has 0 amide bonds. The number of carbonyl (C=O) groups excluding carboxylic acids is 1. The molecule has 21 heavy (non-hydrogen) atoms. The Morgan fingerprint density at radius 3 is 2.62 bits per heavy atom. The van der Waals surface area contributed by atoms with E-state index < -0.39 is 0 Å². The van der Waals surface area contributed by atoms with Gasteiger partial charge < -0.3 is 4.74 Å². The van der Waals surface area contributed by atoms with Gasteiger partial charge in [-0.25, -0.2) is 4.39 Å². The second-order valence-electron chi connectivity index (χ2n) is 5.47. The van der Waals surface area contributed by atoms with E-state index in [9.17, 15) is 9.18 Å². The number of hydrogen-bond acceptors (Lipinski definition) is 2. The van der Waals surface area contributed by atoms with Crippen molar-refractivity contribution in [3.8, 4) is 5.75 Å². The molecule has 0 aliphatic heterocycles. The highest BCUT2D eigenvalue weighted by molar-refractivity contribution is 5.96. The lowest BCUT2D eigenvalue weighted by Crippen LogP contribution is -2.04. The Kier molecular flexibility index (Phi) is 5.09. The second kappa shape index (κ2) is 7.02. The molecule has 2 nitrogen and oxygen atoms in total. The van der Waals surface area contributed by atoms with Crippen LogP contribution in [0.25, 0.3) is 0 Å². The van der Waals surface area contributed by atoms with Gasteiger partial charge in [-0.3, -0.25) is 4.79 Å². The summed E-state index contributed by atoms with van der Waals surface area (Å²) in [6.45, 7) is 4.31. The summed E-state index contributed by atoms with van der Waals surface area (Å²) in [6, 6.07) is 13.4. The van der Waals surface area contributed by atoms with E-state index in [-0.39, 0.29) is 18.2 Å². The van der Waals surface area contributed by atoms with Crippen LogP contribution in [-0.4, -0.2) is 5.78 Å². The maximum atomic E-state index is 13.1. The largest absolute Gasteiger partial charge is 0.489 e. The van der Waals surface area contributed by atoms with Crippen LogP contribution in [0.15, 0.2) is 48.5 Å². The van der Waals surface area contributed by atoms with Crippen molar-refractivity contribution in [3.05, 3.63) is 65.5 Å². The predicted molar refractivity (Wildman–Crippen MR) is 81.0 cm³/mol. The summed E-state index contributed by atoms with van der Waals surface area (Å²) in [4.78, 5) is 12.0. The molecular formula is C18H19FO2. The Morgan fingerprint density at radius 2 is 1.90 bits per heavy atom. The fourth-order valence-corrected chi connectivity index (χ4v) is 2.04. The Bertz CT molecular complexity index is 620. The molecule has 0 spiro atoms. The Hall–Kier alpha value is -2.16. The van der Waals surface area contributed by atoms with Crippen LogP contribution < -0.4 is 4.74 Å². The van der Waals surface area contributed by atoms with Gasteiger partial charge in [0.1, 0.15) is 18.2 Å². The van der Waals surface area contributed by atoms with E-state index in [1.54, 1.807) is 36.4 Å². The third kappa shape index (κ3) is 4.71. The molecule has 0 heterocycles. The van der Waals surface area contributed by atoms with Crippen molar-refractivity contribution in [2.24, 2.45) is 5.92 Å². The Morgan fingerprint density at radius 1 is 1.14 bits per heavy atom. The van der Waals surface area contributed by atoms with Crippen molar-refractivity contribution < 1.29 is 13.9 Å². The van der Waals surface area contributed by atoms with Crippen LogP contribution in [0.2, 0.25) is 0 Å². The Balaban J connectivity index is 2.02. The number of Topliss-reactive ketones (excluding diaryl/α,β-unsaturated/α-hetero) is 1. The fourth-order valence-electron chi connectivity index (χ4n) is 2.04. The molecular weight excluding hydrogens is 267 g/mol. The molecule has 0 aromatic heterocycles. The SMILES string of the molecule is CC(C)CC(=O)c1cccc(OCc2cccc(F)c2)c1. The minimum absolute atomic E-state index is 0.112. The molecule has 2 aromatic carbocycles. The van der Waals surface area contributed by atoms with Crippen LogP contribution in [0.5, 0.6) is 5.75 Å². The molecule has 0 fully saturated rings. The van der Waals surface area contributed by atoms with Crippen LogP contribution >= 0.6 is 0 Å². The molecule has 2 aromatic rings. The van der Waals surface area contributed by atoms with Crippen LogP contribution in [0, 0.1) is 11.7 Å². The first-order valence-corrected chi connectivity index (χ1v) is 7.05. The van der Waals surface area contributed by atoms with Gasteiger partial charge in [0.15, 0.2) is 5.78 Å². The first-order valence-electron chi connectivity index (χ1n) is 7.05. The summed E-state index contributed by atoms with van der Waals surface area (Å²) in [6.07, 6.45) is 0.521. The highest BCUT2D eigenvalue weighted by Crippen LogP contribution is 2.18. The first kappa shape index (κ1) is 15.2. The highest BCUT2D eigenvalue weighted by atomic mass is 19.1. The van der Waals surface area contributed by atoms with Gasteiger partial charge in [-0.1, -0.05) is 38.1 Å². The van der Waals surface area contributed by atoms with E-state index in [4.69, 9.17) is 4.74 Å². The van der Waals surface area contributed by atoms with Gasteiger partial charge in [-0.2, -0.15) is 0 Å². The van der Waals surface area contributed by atoms with Gasteiger partial charge in [0, 0.05) is 12.0 Å². The van der Waals surface area contributed by atoms with E-state index >= 15 is 0 Å². The number of carbonyl (C=O) groups is 1. The summed E-state index contributed by atoms with van der Waals surface area (Å²) in [5.41, 5.74) is 1.41. The monoisotopic (exact) mass is 286 g/mol. The lowest BCUT2D eigenvalue weighted by Gasteiger charge is -2.09. The van der Waals surface area contributed by atoms with Crippen LogP contribution in [0.3, 0.4) is 0 Å². The van der Waals surface area contributed by atoms with Gasteiger partial charge in [0.25, 0.3) is 0 Å². The lowest BCUT2D eigenvalue weighted by atomic mass is 10.0. The topological polar surface area (TPSA) is 26.3 Å². The van der Waals surface area contributed by atoms with Crippen molar-refractivity contribution in [2.75, 3.05) is 0 Å². The molecule has 0 radical (unpaired) electrons. The van der Waals surface area contributed by atoms with E-state index in [1.165, 1.54) is 12.1 Å². The number of halogens is 1. The molecule has 110 valence electrons. The molecule has 0 saturated heterocycles. The van der Waals surface area contributed by atoms with E-state index in [2.05, 4.69) is 0 Å². The van der Waals surface area contributed by atoms with E-state index in [1.807, 2.05) is 13.8 Å². The molecule has 3 heteroatoms. The van der Waals surface area contributed by atoms with Crippen molar-refractivity contribution in [1.29, 1.82) is 0 Å². The summed E-state index contributed by atoms with van der Waals surface area (Å²) in [7, 11) is 0. The molecule has 0 aliphatic rings. The minimum Gasteiger partial charge on any atom is -0.489 e. The first-order chi connectivity index (χ1) is 10.0. The maximum absolute atomic E-state index is 13.1. The number of hydrogen-bond donors (Lipinski definition) is 0. The average Bonchev–Trinajstić information content (AvgIpc) is 2.45. The number of ether oxygens (including phenoxy) is 1. The molecule has 0 aliphatic carbocycles. The van der Waals surface area contributed by atoms with E-state index in [0.717, 1.165) is 5.56 Å². The van der Waals surface area contributed by atoms with Crippen LogP contribution in [0.4, 0.5) is 4.39 Å². The third-order valence-electron chi connectivity index (χ3n) is 3.04. The van der Waals surface area contributed by atoms with Crippen molar-refractivity contribution >= 4 is 5.78 Å². The van der Waals surface area contributed by atoms with Gasteiger partial charge in [0.05, 0.1) is 0 Å². The van der Waals surface area contributed by atoms with Crippen LogP contribution in [-0.2, 0) is 6.61 Å². The third-order valence-corrected chi connectivity index (χ3v) is 3.04. The molecule has 0 atom stereocenters. The van der Waals surface area contributed by atoms with Crippen molar-refractivity contribution in [2.45, 2.75) is 26.9 Å². The predicted octanol–water partition coefficient (Wildman–Crippen LogP) is 4.63.